The van der Waals surface area contributed by atoms with E-state index in [2.05, 4.69) is 5.32 Å². The second kappa shape index (κ2) is 6.32. The number of thiophene rings is 1. The Morgan fingerprint density at radius 3 is 2.73 bits per heavy atom. The lowest BCUT2D eigenvalue weighted by molar-refractivity contribution is -0.126. The average Bonchev–Trinajstić information content (AvgIpc) is 3.17. The van der Waals surface area contributed by atoms with E-state index in [1.807, 2.05) is 54.8 Å². The van der Waals surface area contributed by atoms with Crippen LogP contribution in [-0.4, -0.2) is 18.4 Å². The molecule has 2 heterocycles. The zero-order chi connectivity index (χ0) is 15.5. The number of hydrogen-bond acceptors (Lipinski definition) is 3. The molecular weight excluding hydrogens is 296 g/mol. The van der Waals surface area contributed by atoms with E-state index in [-0.39, 0.29) is 30.2 Å². The Labute approximate surface area is 133 Å². The summed E-state index contributed by atoms with van der Waals surface area (Å²) in [7, 11) is 0. The van der Waals surface area contributed by atoms with Crippen molar-refractivity contribution in [3.63, 3.8) is 0 Å². The van der Waals surface area contributed by atoms with E-state index in [0.717, 1.165) is 10.6 Å². The van der Waals surface area contributed by atoms with Crippen LogP contribution in [0.3, 0.4) is 0 Å². The Balaban J connectivity index is 1.64. The van der Waals surface area contributed by atoms with E-state index in [1.165, 1.54) is 0 Å². The van der Waals surface area contributed by atoms with Crippen molar-refractivity contribution in [3.8, 4) is 0 Å². The fourth-order valence-electron chi connectivity index (χ4n) is 2.68. The standard InChI is InChI=1S/C17H18N2O2S/c1-12(15-8-5-9-22-15)18-17(21)13-10-16(20)19(11-13)14-6-3-2-4-7-14/h2-9,12-13H,10-11H2,1H3,(H,18,21). The van der Waals surface area contributed by atoms with Gasteiger partial charge in [-0.25, -0.2) is 0 Å². The van der Waals surface area contributed by atoms with Crippen LogP contribution in [0.1, 0.15) is 24.3 Å². The lowest BCUT2D eigenvalue weighted by Crippen LogP contribution is -2.34. The van der Waals surface area contributed by atoms with E-state index in [4.69, 9.17) is 0 Å². The molecule has 1 saturated heterocycles. The van der Waals surface area contributed by atoms with Crippen molar-refractivity contribution in [2.45, 2.75) is 19.4 Å². The van der Waals surface area contributed by atoms with Gasteiger partial charge < -0.3 is 10.2 Å². The maximum atomic E-state index is 12.4. The molecule has 0 saturated carbocycles. The maximum Gasteiger partial charge on any atom is 0.227 e. The van der Waals surface area contributed by atoms with Crippen molar-refractivity contribution >= 4 is 28.8 Å². The third-order valence-corrected chi connectivity index (χ3v) is 4.95. The Morgan fingerprint density at radius 1 is 1.27 bits per heavy atom. The quantitative estimate of drug-likeness (QED) is 0.943. The molecule has 2 unspecified atom stereocenters. The minimum Gasteiger partial charge on any atom is -0.348 e. The number of anilines is 1. The minimum atomic E-state index is -0.282. The van der Waals surface area contributed by atoms with Crippen LogP contribution in [0, 0.1) is 5.92 Å². The first-order valence-corrected chi connectivity index (χ1v) is 8.22. The summed E-state index contributed by atoms with van der Waals surface area (Å²) in [6, 6.07) is 13.5. The molecule has 0 aliphatic carbocycles. The van der Waals surface area contributed by atoms with Gasteiger partial charge in [0.1, 0.15) is 0 Å². The first-order valence-electron chi connectivity index (χ1n) is 7.34. The average molecular weight is 314 g/mol. The molecule has 1 aliphatic rings. The molecule has 22 heavy (non-hydrogen) atoms. The van der Waals surface area contributed by atoms with Gasteiger partial charge in [-0.3, -0.25) is 9.59 Å². The van der Waals surface area contributed by atoms with Crippen molar-refractivity contribution in [2.24, 2.45) is 5.92 Å². The third kappa shape index (κ3) is 3.04. The van der Waals surface area contributed by atoms with Crippen molar-refractivity contribution in [2.75, 3.05) is 11.4 Å². The highest BCUT2D eigenvalue weighted by atomic mass is 32.1. The van der Waals surface area contributed by atoms with Crippen LogP contribution in [0.25, 0.3) is 0 Å². The molecule has 1 aromatic carbocycles. The lowest BCUT2D eigenvalue weighted by Gasteiger charge is -2.18. The smallest absolute Gasteiger partial charge is 0.227 e. The minimum absolute atomic E-state index is 0.00938. The molecule has 1 aliphatic heterocycles. The number of nitrogens with zero attached hydrogens (tertiary/aromatic N) is 1. The SMILES string of the molecule is CC(NC(=O)C1CC(=O)N(c2ccccc2)C1)c1cccs1. The molecule has 2 atom stereocenters. The van der Waals surface area contributed by atoms with E-state index < -0.39 is 0 Å². The van der Waals surface area contributed by atoms with Gasteiger partial charge in [-0.05, 0) is 30.5 Å². The Kier molecular flexibility index (Phi) is 4.24. The van der Waals surface area contributed by atoms with E-state index in [0.29, 0.717) is 6.54 Å². The van der Waals surface area contributed by atoms with Crippen LogP contribution in [0.15, 0.2) is 47.8 Å². The van der Waals surface area contributed by atoms with Crippen molar-refractivity contribution in [1.82, 2.24) is 5.32 Å². The van der Waals surface area contributed by atoms with Gasteiger partial charge in [0.2, 0.25) is 11.8 Å². The van der Waals surface area contributed by atoms with Gasteiger partial charge in [0.05, 0.1) is 12.0 Å². The van der Waals surface area contributed by atoms with Crippen LogP contribution >= 0.6 is 11.3 Å². The normalized spacial score (nSPS) is 19.2. The molecule has 3 rings (SSSR count). The fraction of sp³-hybridized carbons (Fsp3) is 0.294. The topological polar surface area (TPSA) is 49.4 Å². The third-order valence-electron chi connectivity index (χ3n) is 3.89. The van der Waals surface area contributed by atoms with Gasteiger partial charge in [-0.2, -0.15) is 0 Å². The number of amides is 2. The summed E-state index contributed by atoms with van der Waals surface area (Å²) < 4.78 is 0. The van der Waals surface area contributed by atoms with Crippen LogP contribution in [0.5, 0.6) is 0 Å². The Morgan fingerprint density at radius 2 is 2.05 bits per heavy atom. The van der Waals surface area contributed by atoms with Crippen molar-refractivity contribution in [3.05, 3.63) is 52.7 Å². The summed E-state index contributed by atoms with van der Waals surface area (Å²) >= 11 is 1.62. The van der Waals surface area contributed by atoms with E-state index in [9.17, 15) is 9.59 Å². The van der Waals surface area contributed by atoms with Gasteiger partial charge in [-0.1, -0.05) is 24.3 Å². The van der Waals surface area contributed by atoms with Crippen LogP contribution in [0.4, 0.5) is 5.69 Å². The zero-order valence-electron chi connectivity index (χ0n) is 12.4. The second-order valence-corrected chi connectivity index (χ2v) is 6.47. The highest BCUT2D eigenvalue weighted by Gasteiger charge is 2.35. The molecule has 0 spiro atoms. The number of hydrogen-bond donors (Lipinski definition) is 1. The zero-order valence-corrected chi connectivity index (χ0v) is 13.2. The van der Waals surface area contributed by atoms with E-state index in [1.54, 1.807) is 16.2 Å². The van der Waals surface area contributed by atoms with Crippen molar-refractivity contribution < 1.29 is 9.59 Å². The molecule has 0 bridgehead atoms. The maximum absolute atomic E-state index is 12.4. The molecule has 2 amide bonds. The molecule has 1 N–H and O–H groups in total. The summed E-state index contributed by atoms with van der Waals surface area (Å²) in [5.41, 5.74) is 0.856. The molecule has 1 aromatic heterocycles. The Hall–Kier alpha value is -2.14. The predicted molar refractivity (Wildman–Crippen MR) is 87.8 cm³/mol. The predicted octanol–water partition coefficient (Wildman–Crippen LogP) is 2.98. The van der Waals surface area contributed by atoms with Crippen LogP contribution in [0.2, 0.25) is 0 Å². The summed E-state index contributed by atoms with van der Waals surface area (Å²) in [6.07, 6.45) is 0.276. The van der Waals surface area contributed by atoms with Gasteiger partial charge >= 0.3 is 0 Å². The second-order valence-electron chi connectivity index (χ2n) is 5.49. The van der Waals surface area contributed by atoms with Gasteiger partial charge in [0.15, 0.2) is 0 Å². The van der Waals surface area contributed by atoms with Gasteiger partial charge in [0, 0.05) is 23.5 Å². The first-order chi connectivity index (χ1) is 10.6. The highest BCUT2D eigenvalue weighted by Crippen LogP contribution is 2.26. The largest absolute Gasteiger partial charge is 0.348 e. The summed E-state index contributed by atoms with van der Waals surface area (Å²) in [6.45, 7) is 2.42. The summed E-state index contributed by atoms with van der Waals surface area (Å²) in [4.78, 5) is 27.4. The van der Waals surface area contributed by atoms with Crippen molar-refractivity contribution in [1.29, 1.82) is 0 Å². The molecule has 2 aromatic rings. The molecule has 5 heteroatoms. The number of nitrogens with one attached hydrogen (secondary N) is 1. The van der Waals surface area contributed by atoms with Crippen LogP contribution < -0.4 is 10.2 Å². The number of rotatable bonds is 4. The lowest BCUT2D eigenvalue weighted by atomic mass is 10.1. The van der Waals surface area contributed by atoms with Gasteiger partial charge in [-0.15, -0.1) is 11.3 Å². The summed E-state index contributed by atoms with van der Waals surface area (Å²) in [5.74, 6) is -0.321. The monoisotopic (exact) mass is 314 g/mol. The van der Waals surface area contributed by atoms with E-state index >= 15 is 0 Å². The fourth-order valence-corrected chi connectivity index (χ4v) is 3.42. The molecule has 4 nitrogen and oxygen atoms in total. The first kappa shape index (κ1) is 14.8. The highest BCUT2D eigenvalue weighted by molar-refractivity contribution is 7.10. The number of carbonyl (C=O) groups is 2. The molecular formula is C17H18N2O2S. The van der Waals surface area contributed by atoms with Crippen LogP contribution in [-0.2, 0) is 9.59 Å². The molecule has 0 radical (unpaired) electrons. The number of para-hydroxylation sites is 1. The number of benzene rings is 1. The Bertz CT molecular complexity index is 655. The molecule has 1 fully saturated rings. The number of carbonyl (C=O) groups excluding carboxylic acids is 2. The van der Waals surface area contributed by atoms with Gasteiger partial charge in [0.25, 0.3) is 0 Å². The molecule has 114 valence electrons. The summed E-state index contributed by atoms with van der Waals surface area (Å²) in [5, 5.41) is 5.00.